The fourth-order valence-electron chi connectivity index (χ4n) is 4.44. The Hall–Kier alpha value is -1.30. The van der Waals surface area contributed by atoms with Gasteiger partial charge in [0, 0.05) is 19.0 Å². The molecule has 3 fully saturated rings. The third-order valence-electron chi connectivity index (χ3n) is 5.88. The van der Waals surface area contributed by atoms with Gasteiger partial charge in [-0.15, -0.1) is 0 Å². The highest BCUT2D eigenvalue weighted by atomic mass is 16.4. The number of carbonyl (C=O) groups is 1. The van der Waals surface area contributed by atoms with Crippen LogP contribution >= 0.6 is 0 Å². The molecule has 0 aromatic heterocycles. The molecule has 3 aliphatic rings. The SMILES string of the molecule is CN1CCC(NC(=O)C2CC3CCC2C3)(/C(N)=N/O)CC1. The number of nitrogens with two attached hydrogens (primary N) is 1. The van der Waals surface area contributed by atoms with E-state index in [4.69, 9.17) is 10.9 Å². The van der Waals surface area contributed by atoms with Gasteiger partial charge in [-0.2, -0.15) is 0 Å². The van der Waals surface area contributed by atoms with Crippen LogP contribution in [0.15, 0.2) is 5.16 Å². The molecule has 3 unspecified atom stereocenters. The maximum Gasteiger partial charge on any atom is 0.224 e. The molecule has 2 aliphatic carbocycles. The minimum Gasteiger partial charge on any atom is -0.409 e. The van der Waals surface area contributed by atoms with Crippen molar-refractivity contribution in [3.8, 4) is 0 Å². The van der Waals surface area contributed by atoms with Gasteiger partial charge in [0.1, 0.15) is 5.54 Å². The van der Waals surface area contributed by atoms with Gasteiger partial charge in [0.05, 0.1) is 0 Å². The van der Waals surface area contributed by atoms with Gasteiger partial charge in [0.2, 0.25) is 5.91 Å². The molecular weight excluding hydrogens is 268 g/mol. The van der Waals surface area contributed by atoms with Crippen molar-refractivity contribution in [3.05, 3.63) is 0 Å². The third kappa shape index (κ3) is 2.61. The Bertz CT molecular complexity index is 443. The highest BCUT2D eigenvalue weighted by Crippen LogP contribution is 2.48. The molecular formula is C15H26N4O2. The first kappa shape index (κ1) is 14.6. The van der Waals surface area contributed by atoms with Crippen molar-refractivity contribution in [1.29, 1.82) is 0 Å². The number of amides is 1. The third-order valence-corrected chi connectivity index (χ3v) is 5.88. The van der Waals surface area contributed by atoms with Gasteiger partial charge in [0.25, 0.3) is 0 Å². The molecule has 3 rings (SSSR count). The molecule has 3 atom stereocenters. The zero-order valence-electron chi connectivity index (χ0n) is 12.7. The maximum atomic E-state index is 12.7. The van der Waals surface area contributed by atoms with E-state index in [0.717, 1.165) is 25.4 Å². The number of likely N-dealkylation sites (tertiary alicyclic amines) is 1. The summed E-state index contributed by atoms with van der Waals surface area (Å²) in [5, 5.41) is 15.4. The van der Waals surface area contributed by atoms with Crippen LogP contribution in [0.25, 0.3) is 0 Å². The molecule has 1 amide bonds. The van der Waals surface area contributed by atoms with E-state index in [9.17, 15) is 4.79 Å². The van der Waals surface area contributed by atoms with Gasteiger partial charge in [0.15, 0.2) is 5.84 Å². The highest BCUT2D eigenvalue weighted by molar-refractivity contribution is 5.94. The second-order valence-corrected chi connectivity index (χ2v) is 7.14. The van der Waals surface area contributed by atoms with Crippen molar-refractivity contribution >= 4 is 11.7 Å². The van der Waals surface area contributed by atoms with Crippen LogP contribution in [0.3, 0.4) is 0 Å². The number of fused-ring (bicyclic) bond motifs is 2. The average molecular weight is 294 g/mol. The molecule has 6 heteroatoms. The Kier molecular flexibility index (Phi) is 3.82. The number of rotatable bonds is 3. The molecule has 6 nitrogen and oxygen atoms in total. The number of carbonyl (C=O) groups excluding carboxylic acids is 1. The Morgan fingerprint density at radius 2 is 2.05 bits per heavy atom. The van der Waals surface area contributed by atoms with Crippen molar-refractivity contribution < 1.29 is 10.0 Å². The molecule has 0 radical (unpaired) electrons. The van der Waals surface area contributed by atoms with E-state index >= 15 is 0 Å². The first-order valence-electron chi connectivity index (χ1n) is 8.02. The Morgan fingerprint density at radius 1 is 1.33 bits per heavy atom. The number of nitrogens with zero attached hydrogens (tertiary/aromatic N) is 2. The first-order chi connectivity index (χ1) is 10.0. The van der Waals surface area contributed by atoms with Crippen LogP contribution in [0.1, 0.15) is 38.5 Å². The fourth-order valence-corrected chi connectivity index (χ4v) is 4.44. The predicted octanol–water partition coefficient (Wildman–Crippen LogP) is 0.750. The molecule has 21 heavy (non-hydrogen) atoms. The minimum atomic E-state index is -0.666. The molecule has 2 bridgehead atoms. The summed E-state index contributed by atoms with van der Waals surface area (Å²) in [6.07, 6.45) is 6.09. The standard InChI is InChI=1S/C15H26N4O2/c1-19-6-4-15(5-7-19,14(16)18-21)17-13(20)12-9-10-2-3-11(12)8-10/h10-12,21H,2-9H2,1H3,(H2,16,18)(H,17,20). The molecule has 0 aromatic carbocycles. The second kappa shape index (κ2) is 5.48. The normalized spacial score (nSPS) is 35.9. The lowest BCUT2D eigenvalue weighted by Gasteiger charge is -2.41. The van der Waals surface area contributed by atoms with Crippen molar-refractivity contribution in [2.45, 2.75) is 44.1 Å². The number of piperidine rings is 1. The van der Waals surface area contributed by atoms with Crippen molar-refractivity contribution in [2.24, 2.45) is 28.6 Å². The summed E-state index contributed by atoms with van der Waals surface area (Å²) < 4.78 is 0. The minimum absolute atomic E-state index is 0.110. The van der Waals surface area contributed by atoms with Crippen LogP contribution in [0.2, 0.25) is 0 Å². The van der Waals surface area contributed by atoms with E-state index in [-0.39, 0.29) is 17.7 Å². The summed E-state index contributed by atoms with van der Waals surface area (Å²) in [5.74, 6) is 1.67. The smallest absolute Gasteiger partial charge is 0.224 e. The van der Waals surface area contributed by atoms with E-state index in [1.54, 1.807) is 0 Å². The number of amidine groups is 1. The largest absolute Gasteiger partial charge is 0.409 e. The van der Waals surface area contributed by atoms with Gasteiger partial charge >= 0.3 is 0 Å². The number of hydrogen-bond donors (Lipinski definition) is 3. The summed E-state index contributed by atoms with van der Waals surface area (Å²) in [7, 11) is 2.05. The van der Waals surface area contributed by atoms with Gasteiger partial charge < -0.3 is 21.2 Å². The molecule has 0 aromatic rings. The summed E-state index contributed by atoms with van der Waals surface area (Å²) in [4.78, 5) is 14.9. The van der Waals surface area contributed by atoms with Crippen LogP contribution in [-0.2, 0) is 4.79 Å². The van der Waals surface area contributed by atoms with E-state index in [1.165, 1.54) is 19.3 Å². The summed E-state index contributed by atoms with van der Waals surface area (Å²) in [5.41, 5.74) is 5.25. The lowest BCUT2D eigenvalue weighted by molar-refractivity contribution is -0.128. The lowest BCUT2D eigenvalue weighted by atomic mass is 9.83. The van der Waals surface area contributed by atoms with E-state index < -0.39 is 5.54 Å². The highest BCUT2D eigenvalue weighted by Gasteiger charge is 2.46. The van der Waals surface area contributed by atoms with Crippen LogP contribution in [0.4, 0.5) is 0 Å². The summed E-state index contributed by atoms with van der Waals surface area (Å²) in [6.45, 7) is 1.68. The summed E-state index contributed by atoms with van der Waals surface area (Å²) in [6, 6.07) is 0. The molecule has 118 valence electrons. The molecule has 0 spiro atoms. The van der Waals surface area contributed by atoms with Gasteiger partial charge in [-0.3, -0.25) is 4.79 Å². The quantitative estimate of drug-likeness (QED) is 0.310. The topological polar surface area (TPSA) is 91.0 Å². The Morgan fingerprint density at radius 3 is 2.57 bits per heavy atom. The number of hydrogen-bond acceptors (Lipinski definition) is 4. The van der Waals surface area contributed by atoms with Crippen LogP contribution < -0.4 is 11.1 Å². The molecule has 1 aliphatic heterocycles. The van der Waals surface area contributed by atoms with Crippen molar-refractivity contribution in [2.75, 3.05) is 20.1 Å². The fraction of sp³-hybridized carbons (Fsp3) is 0.867. The first-order valence-corrected chi connectivity index (χ1v) is 8.02. The van der Waals surface area contributed by atoms with Crippen molar-refractivity contribution in [3.63, 3.8) is 0 Å². The van der Waals surface area contributed by atoms with E-state index in [0.29, 0.717) is 18.8 Å². The predicted molar refractivity (Wildman–Crippen MR) is 80.0 cm³/mol. The van der Waals surface area contributed by atoms with Gasteiger partial charge in [-0.05, 0) is 51.0 Å². The second-order valence-electron chi connectivity index (χ2n) is 7.14. The zero-order chi connectivity index (χ0) is 15.0. The Balaban J connectivity index is 1.71. The average Bonchev–Trinajstić information content (AvgIpc) is 3.11. The summed E-state index contributed by atoms with van der Waals surface area (Å²) >= 11 is 0. The van der Waals surface area contributed by atoms with Crippen LogP contribution in [0.5, 0.6) is 0 Å². The monoisotopic (exact) mass is 294 g/mol. The molecule has 1 heterocycles. The van der Waals surface area contributed by atoms with Crippen molar-refractivity contribution in [1.82, 2.24) is 10.2 Å². The number of oxime groups is 1. The maximum absolute atomic E-state index is 12.7. The van der Waals surface area contributed by atoms with Gasteiger partial charge in [-0.1, -0.05) is 11.6 Å². The number of nitrogens with one attached hydrogen (secondary N) is 1. The lowest BCUT2D eigenvalue weighted by Crippen LogP contribution is -2.63. The molecule has 4 N–H and O–H groups in total. The van der Waals surface area contributed by atoms with Crippen LogP contribution in [0, 0.1) is 17.8 Å². The van der Waals surface area contributed by atoms with E-state index in [2.05, 4.69) is 15.4 Å². The van der Waals surface area contributed by atoms with Gasteiger partial charge in [-0.25, -0.2) is 0 Å². The molecule has 2 saturated carbocycles. The molecule has 1 saturated heterocycles. The Labute approximate surface area is 125 Å². The van der Waals surface area contributed by atoms with E-state index in [1.807, 2.05) is 7.05 Å². The van der Waals surface area contributed by atoms with Crippen LogP contribution in [-0.4, -0.2) is 47.5 Å². The zero-order valence-corrected chi connectivity index (χ0v) is 12.7.